The van der Waals surface area contributed by atoms with Gasteiger partial charge in [0.2, 0.25) is 11.8 Å². The predicted octanol–water partition coefficient (Wildman–Crippen LogP) is 3.07. The summed E-state index contributed by atoms with van der Waals surface area (Å²) in [4.78, 5) is 37.2. The molecule has 2 N–H and O–H groups in total. The number of carbonyl (C=O) groups excluding carboxylic acids is 3. The highest BCUT2D eigenvalue weighted by atomic mass is 35.5. The Morgan fingerprint density at radius 2 is 1.97 bits per heavy atom. The average Bonchev–Trinajstić information content (AvgIpc) is 2.73. The Labute approximate surface area is 174 Å². The van der Waals surface area contributed by atoms with Gasteiger partial charge in [-0.3, -0.25) is 14.9 Å². The molecular formula is C20H27ClFN3O4. The van der Waals surface area contributed by atoms with Crippen LogP contribution in [0.2, 0.25) is 5.02 Å². The number of nitrogens with zero attached hydrogens (tertiary/aromatic N) is 1. The van der Waals surface area contributed by atoms with E-state index in [1.54, 1.807) is 24.8 Å². The van der Waals surface area contributed by atoms with E-state index in [2.05, 4.69) is 10.6 Å². The van der Waals surface area contributed by atoms with Gasteiger partial charge in [-0.2, -0.15) is 0 Å². The Kier molecular flexibility index (Phi) is 8.25. The number of imide groups is 1. The van der Waals surface area contributed by atoms with Crippen molar-refractivity contribution in [2.75, 3.05) is 26.7 Å². The van der Waals surface area contributed by atoms with Crippen molar-refractivity contribution in [1.29, 1.82) is 0 Å². The topological polar surface area (TPSA) is 87.7 Å². The zero-order chi connectivity index (χ0) is 21.6. The molecule has 9 heteroatoms. The number of hydrogen-bond donors (Lipinski definition) is 2. The smallest absolute Gasteiger partial charge is 0.321 e. The first-order valence-corrected chi connectivity index (χ1v) is 10.0. The number of nitrogens with one attached hydrogen (secondary N) is 2. The van der Waals surface area contributed by atoms with E-state index >= 15 is 0 Å². The molecular weight excluding hydrogens is 401 g/mol. The molecule has 29 heavy (non-hydrogen) atoms. The summed E-state index contributed by atoms with van der Waals surface area (Å²) >= 11 is 5.89. The van der Waals surface area contributed by atoms with E-state index in [-0.39, 0.29) is 35.7 Å². The number of carbonyl (C=O) groups is 3. The van der Waals surface area contributed by atoms with Crippen LogP contribution in [-0.2, 0) is 9.59 Å². The lowest BCUT2D eigenvalue weighted by Crippen LogP contribution is -2.46. The summed E-state index contributed by atoms with van der Waals surface area (Å²) in [6, 6.07) is 2.57. The van der Waals surface area contributed by atoms with Crippen LogP contribution in [0.1, 0.15) is 44.6 Å². The maximum Gasteiger partial charge on any atom is 0.321 e. The molecule has 1 aliphatic heterocycles. The summed E-state index contributed by atoms with van der Waals surface area (Å²) in [5.74, 6) is -0.955. The van der Waals surface area contributed by atoms with Crippen molar-refractivity contribution in [1.82, 2.24) is 15.5 Å². The van der Waals surface area contributed by atoms with Gasteiger partial charge in [-0.25, -0.2) is 9.18 Å². The molecule has 1 aromatic carbocycles. The Morgan fingerprint density at radius 3 is 2.55 bits per heavy atom. The van der Waals surface area contributed by atoms with Crippen LogP contribution >= 0.6 is 11.6 Å². The fourth-order valence-electron chi connectivity index (χ4n) is 3.31. The first kappa shape index (κ1) is 22.9. The highest BCUT2D eigenvalue weighted by Crippen LogP contribution is 2.35. The number of hydrogen-bond acceptors (Lipinski definition) is 4. The molecule has 1 aliphatic rings. The van der Waals surface area contributed by atoms with E-state index in [0.717, 1.165) is 5.56 Å². The fraction of sp³-hybridized carbons (Fsp3) is 0.550. The Balaban J connectivity index is 1.87. The third kappa shape index (κ3) is 6.06. The second-order valence-corrected chi connectivity index (χ2v) is 7.51. The lowest BCUT2D eigenvalue weighted by atomic mass is 9.88. The standard InChI is InChI=1S/C20H27ClFN3O4/c1-4-17(26)24-20(28)23-11-12(2)19(27)25-7-5-13(6-8-25)14-9-15(22)18(21)16(10-14)29-3/h9-10,12-13H,4-8,11H2,1-3H3,(H2,23,24,26,28)/t12-/m1/s1. The van der Waals surface area contributed by atoms with Gasteiger partial charge >= 0.3 is 6.03 Å². The minimum atomic E-state index is -0.603. The molecule has 1 heterocycles. The van der Waals surface area contributed by atoms with Crippen molar-refractivity contribution in [3.05, 3.63) is 28.5 Å². The van der Waals surface area contributed by atoms with Crippen LogP contribution in [0.5, 0.6) is 5.75 Å². The van der Waals surface area contributed by atoms with E-state index in [1.807, 2.05) is 0 Å². The minimum Gasteiger partial charge on any atom is -0.495 e. The molecule has 160 valence electrons. The quantitative estimate of drug-likeness (QED) is 0.730. The lowest BCUT2D eigenvalue weighted by Gasteiger charge is -2.34. The van der Waals surface area contributed by atoms with Gasteiger partial charge in [-0.1, -0.05) is 25.4 Å². The van der Waals surface area contributed by atoms with Crippen molar-refractivity contribution >= 4 is 29.4 Å². The molecule has 0 aromatic heterocycles. The normalized spacial score (nSPS) is 15.6. The van der Waals surface area contributed by atoms with Crippen LogP contribution in [0.4, 0.5) is 9.18 Å². The van der Waals surface area contributed by atoms with Crippen LogP contribution in [0, 0.1) is 11.7 Å². The van der Waals surface area contributed by atoms with Crippen molar-refractivity contribution in [3.63, 3.8) is 0 Å². The number of methoxy groups -OCH3 is 1. The number of ether oxygens (including phenoxy) is 1. The van der Waals surface area contributed by atoms with Crippen LogP contribution < -0.4 is 15.4 Å². The van der Waals surface area contributed by atoms with Crippen molar-refractivity contribution < 1.29 is 23.5 Å². The van der Waals surface area contributed by atoms with Gasteiger partial charge in [0.25, 0.3) is 0 Å². The largest absolute Gasteiger partial charge is 0.495 e. The SMILES string of the molecule is CCC(=O)NC(=O)NC[C@@H](C)C(=O)N1CCC(c2cc(F)c(Cl)c(OC)c2)CC1. The lowest BCUT2D eigenvalue weighted by molar-refractivity contribution is -0.135. The molecule has 0 radical (unpaired) electrons. The molecule has 1 fully saturated rings. The summed E-state index contributed by atoms with van der Waals surface area (Å²) in [7, 11) is 1.44. The Hall–Kier alpha value is -2.35. The molecule has 1 saturated heterocycles. The van der Waals surface area contributed by atoms with Crippen molar-refractivity contribution in [2.24, 2.45) is 5.92 Å². The molecule has 0 aliphatic carbocycles. The van der Waals surface area contributed by atoms with E-state index in [0.29, 0.717) is 31.7 Å². The molecule has 4 amide bonds. The summed E-state index contributed by atoms with van der Waals surface area (Å²) in [6.07, 6.45) is 1.60. The van der Waals surface area contributed by atoms with Gasteiger partial charge < -0.3 is 15.0 Å². The maximum absolute atomic E-state index is 14.0. The summed E-state index contributed by atoms with van der Waals surface area (Å²) in [5, 5.41) is 4.69. The minimum absolute atomic E-state index is 0.0325. The number of urea groups is 1. The predicted molar refractivity (Wildman–Crippen MR) is 108 cm³/mol. The molecule has 2 rings (SSSR count). The number of piperidine rings is 1. The van der Waals surface area contributed by atoms with Gasteiger partial charge in [0.15, 0.2) is 0 Å². The van der Waals surface area contributed by atoms with E-state index < -0.39 is 17.8 Å². The number of halogens is 2. The third-order valence-electron chi connectivity index (χ3n) is 5.08. The molecule has 7 nitrogen and oxygen atoms in total. The molecule has 0 saturated carbocycles. The number of rotatable bonds is 6. The second kappa shape index (κ2) is 10.4. The summed E-state index contributed by atoms with van der Waals surface area (Å²) < 4.78 is 19.1. The summed E-state index contributed by atoms with van der Waals surface area (Å²) in [5.41, 5.74) is 0.808. The van der Waals surface area contributed by atoms with E-state index in [9.17, 15) is 18.8 Å². The average molecular weight is 428 g/mol. The maximum atomic E-state index is 14.0. The van der Waals surface area contributed by atoms with Crippen LogP contribution in [0.15, 0.2) is 12.1 Å². The number of likely N-dealkylation sites (tertiary alicyclic amines) is 1. The van der Waals surface area contributed by atoms with Crippen molar-refractivity contribution in [2.45, 2.75) is 39.0 Å². The number of amides is 4. The molecule has 1 atom stereocenters. The first-order valence-electron chi connectivity index (χ1n) is 9.66. The van der Waals surface area contributed by atoms with Crippen LogP contribution in [0.25, 0.3) is 0 Å². The Morgan fingerprint density at radius 1 is 1.31 bits per heavy atom. The highest BCUT2D eigenvalue weighted by Gasteiger charge is 2.28. The molecule has 1 aromatic rings. The molecule has 0 spiro atoms. The molecule has 0 unspecified atom stereocenters. The zero-order valence-electron chi connectivity index (χ0n) is 16.9. The van der Waals surface area contributed by atoms with Gasteiger partial charge in [-0.05, 0) is 36.5 Å². The number of benzene rings is 1. The summed E-state index contributed by atoms with van der Waals surface area (Å²) in [6.45, 7) is 4.60. The van der Waals surface area contributed by atoms with Crippen molar-refractivity contribution in [3.8, 4) is 5.75 Å². The monoisotopic (exact) mass is 427 g/mol. The molecule has 0 bridgehead atoms. The van der Waals surface area contributed by atoms with E-state index in [1.165, 1.54) is 13.2 Å². The van der Waals surface area contributed by atoms with Gasteiger partial charge in [0, 0.05) is 26.1 Å². The second-order valence-electron chi connectivity index (χ2n) is 7.13. The van der Waals surface area contributed by atoms with Gasteiger partial charge in [0.05, 0.1) is 13.0 Å². The van der Waals surface area contributed by atoms with Crippen LogP contribution in [0.3, 0.4) is 0 Å². The highest BCUT2D eigenvalue weighted by molar-refractivity contribution is 6.32. The van der Waals surface area contributed by atoms with Gasteiger partial charge in [0.1, 0.15) is 16.6 Å². The van der Waals surface area contributed by atoms with Crippen LogP contribution in [-0.4, -0.2) is 49.5 Å². The first-order chi connectivity index (χ1) is 13.8. The Bertz CT molecular complexity index is 766. The fourth-order valence-corrected chi connectivity index (χ4v) is 3.49. The third-order valence-corrected chi connectivity index (χ3v) is 5.45. The van der Waals surface area contributed by atoms with E-state index in [4.69, 9.17) is 16.3 Å². The zero-order valence-corrected chi connectivity index (χ0v) is 17.6. The van der Waals surface area contributed by atoms with Gasteiger partial charge in [-0.15, -0.1) is 0 Å².